The number of nitro groups is 1. The van der Waals surface area contributed by atoms with Crippen molar-refractivity contribution >= 4 is 11.5 Å². The van der Waals surface area contributed by atoms with Gasteiger partial charge in [0.15, 0.2) is 11.5 Å². The van der Waals surface area contributed by atoms with Crippen LogP contribution in [0.3, 0.4) is 0 Å². The molecule has 0 saturated heterocycles. The third-order valence-corrected chi connectivity index (χ3v) is 2.48. The van der Waals surface area contributed by atoms with Gasteiger partial charge in [-0.1, -0.05) is 0 Å². The number of nitrogens with two attached hydrogens (primary N) is 1. The lowest BCUT2D eigenvalue weighted by molar-refractivity contribution is -0.384. The van der Waals surface area contributed by atoms with Crippen LogP contribution in [0.1, 0.15) is 5.69 Å². The standard InChI is InChI=1S/C12H11N5O4/c1-20-10-4-7(17(18)19)2-3-9(10)21-11-6-15-8(5-16-11)12(13)14/h2-6H,1H3,(H3,13,14). The largest absolute Gasteiger partial charge is 0.493 e. The molecule has 2 aromatic rings. The van der Waals surface area contributed by atoms with Crippen LogP contribution in [-0.2, 0) is 0 Å². The fourth-order valence-electron chi connectivity index (χ4n) is 1.47. The van der Waals surface area contributed by atoms with Gasteiger partial charge < -0.3 is 15.2 Å². The number of ether oxygens (including phenoxy) is 2. The normalized spacial score (nSPS) is 9.95. The maximum Gasteiger partial charge on any atom is 0.273 e. The first-order chi connectivity index (χ1) is 10.0. The van der Waals surface area contributed by atoms with Crippen LogP contribution in [0, 0.1) is 15.5 Å². The molecule has 1 heterocycles. The van der Waals surface area contributed by atoms with E-state index in [0.29, 0.717) is 0 Å². The Morgan fingerprint density at radius 2 is 2.10 bits per heavy atom. The zero-order chi connectivity index (χ0) is 15.4. The lowest BCUT2D eigenvalue weighted by Gasteiger charge is -2.09. The number of rotatable bonds is 5. The summed E-state index contributed by atoms with van der Waals surface area (Å²) < 4.78 is 10.5. The average molecular weight is 289 g/mol. The van der Waals surface area contributed by atoms with Crippen LogP contribution >= 0.6 is 0 Å². The quantitative estimate of drug-likeness (QED) is 0.368. The molecule has 0 aliphatic rings. The van der Waals surface area contributed by atoms with Gasteiger partial charge >= 0.3 is 0 Å². The van der Waals surface area contributed by atoms with E-state index in [1.54, 1.807) is 0 Å². The molecule has 0 aliphatic heterocycles. The molecular weight excluding hydrogens is 278 g/mol. The Bertz CT molecular complexity index is 687. The fourth-order valence-corrected chi connectivity index (χ4v) is 1.47. The minimum Gasteiger partial charge on any atom is -0.493 e. The van der Waals surface area contributed by atoms with E-state index in [1.807, 2.05) is 0 Å². The Labute approximate surface area is 119 Å². The van der Waals surface area contributed by atoms with E-state index in [9.17, 15) is 10.1 Å². The van der Waals surface area contributed by atoms with Gasteiger partial charge in [0, 0.05) is 6.07 Å². The highest BCUT2D eigenvalue weighted by Crippen LogP contribution is 2.33. The Hall–Kier alpha value is -3.23. The van der Waals surface area contributed by atoms with Gasteiger partial charge in [-0.15, -0.1) is 0 Å². The molecule has 0 unspecified atom stereocenters. The first kappa shape index (κ1) is 14.2. The highest BCUT2D eigenvalue weighted by atomic mass is 16.6. The maximum absolute atomic E-state index is 10.7. The molecule has 1 aromatic heterocycles. The summed E-state index contributed by atoms with van der Waals surface area (Å²) >= 11 is 0. The molecule has 0 bridgehead atoms. The number of hydrogen-bond donors (Lipinski definition) is 2. The second-order valence-corrected chi connectivity index (χ2v) is 3.85. The van der Waals surface area contributed by atoms with Crippen LogP contribution in [0.15, 0.2) is 30.6 Å². The van der Waals surface area contributed by atoms with E-state index in [0.717, 1.165) is 0 Å². The molecule has 9 heteroatoms. The topological polar surface area (TPSA) is 137 Å². The summed E-state index contributed by atoms with van der Waals surface area (Å²) in [5, 5.41) is 17.9. The number of aromatic nitrogens is 2. The summed E-state index contributed by atoms with van der Waals surface area (Å²) in [6.07, 6.45) is 2.58. The highest BCUT2D eigenvalue weighted by molar-refractivity contribution is 5.92. The minimum absolute atomic E-state index is 0.114. The van der Waals surface area contributed by atoms with Crippen LogP contribution < -0.4 is 15.2 Å². The van der Waals surface area contributed by atoms with E-state index in [2.05, 4.69) is 9.97 Å². The summed E-state index contributed by atoms with van der Waals surface area (Å²) in [5.74, 6) is 0.392. The number of nitrogens with one attached hydrogen (secondary N) is 1. The van der Waals surface area contributed by atoms with Crippen LogP contribution in [0.5, 0.6) is 17.4 Å². The van der Waals surface area contributed by atoms with E-state index in [4.69, 9.17) is 20.6 Å². The highest BCUT2D eigenvalue weighted by Gasteiger charge is 2.13. The molecule has 108 valence electrons. The van der Waals surface area contributed by atoms with Crippen LogP contribution in [0.4, 0.5) is 5.69 Å². The zero-order valence-electron chi connectivity index (χ0n) is 10.9. The number of non-ortho nitro benzene ring substituents is 1. The molecule has 0 saturated carbocycles. The molecule has 0 amide bonds. The number of nitro benzene ring substituents is 1. The molecule has 9 nitrogen and oxygen atoms in total. The summed E-state index contributed by atoms with van der Waals surface area (Å²) in [7, 11) is 1.37. The van der Waals surface area contributed by atoms with Crippen molar-refractivity contribution in [2.24, 2.45) is 5.73 Å². The van der Waals surface area contributed by atoms with Crippen LogP contribution in [0.2, 0.25) is 0 Å². The van der Waals surface area contributed by atoms with Crippen molar-refractivity contribution in [3.8, 4) is 17.4 Å². The van der Waals surface area contributed by atoms with Gasteiger partial charge in [0.25, 0.3) is 5.69 Å². The number of benzene rings is 1. The Morgan fingerprint density at radius 3 is 2.62 bits per heavy atom. The van der Waals surface area contributed by atoms with E-state index in [1.165, 1.54) is 37.7 Å². The molecule has 0 aliphatic carbocycles. The van der Waals surface area contributed by atoms with E-state index in [-0.39, 0.29) is 34.6 Å². The molecule has 0 atom stereocenters. The maximum atomic E-state index is 10.7. The number of nitrogens with zero attached hydrogens (tertiary/aromatic N) is 3. The van der Waals surface area contributed by atoms with Gasteiger partial charge in [-0.3, -0.25) is 15.5 Å². The predicted molar refractivity (Wildman–Crippen MR) is 72.8 cm³/mol. The van der Waals surface area contributed by atoms with E-state index >= 15 is 0 Å². The van der Waals surface area contributed by atoms with Crippen molar-refractivity contribution in [2.45, 2.75) is 0 Å². The first-order valence-electron chi connectivity index (χ1n) is 5.68. The Kier molecular flexibility index (Phi) is 3.93. The molecular formula is C12H11N5O4. The van der Waals surface area contributed by atoms with Gasteiger partial charge in [0.05, 0.1) is 30.5 Å². The molecule has 0 radical (unpaired) electrons. The summed E-state index contributed by atoms with van der Waals surface area (Å²) in [4.78, 5) is 18.0. The predicted octanol–water partition coefficient (Wildman–Crippen LogP) is 1.47. The Morgan fingerprint density at radius 1 is 1.33 bits per heavy atom. The molecule has 3 N–H and O–H groups in total. The first-order valence-corrected chi connectivity index (χ1v) is 5.68. The second kappa shape index (κ2) is 5.82. The van der Waals surface area contributed by atoms with Crippen molar-refractivity contribution in [2.75, 3.05) is 7.11 Å². The number of amidine groups is 1. The second-order valence-electron chi connectivity index (χ2n) is 3.85. The monoisotopic (exact) mass is 289 g/mol. The lowest BCUT2D eigenvalue weighted by atomic mass is 10.3. The molecule has 0 spiro atoms. The summed E-state index contributed by atoms with van der Waals surface area (Å²) in [6, 6.07) is 3.93. The summed E-state index contributed by atoms with van der Waals surface area (Å²) in [5.41, 5.74) is 5.37. The Balaban J connectivity index is 2.26. The van der Waals surface area contributed by atoms with Crippen molar-refractivity contribution in [1.29, 1.82) is 5.41 Å². The smallest absolute Gasteiger partial charge is 0.273 e. The van der Waals surface area contributed by atoms with Gasteiger partial charge in [0.1, 0.15) is 11.5 Å². The third kappa shape index (κ3) is 3.21. The van der Waals surface area contributed by atoms with Crippen LogP contribution in [-0.4, -0.2) is 27.8 Å². The molecule has 1 aromatic carbocycles. The fraction of sp³-hybridized carbons (Fsp3) is 0.0833. The van der Waals surface area contributed by atoms with Crippen LogP contribution in [0.25, 0.3) is 0 Å². The molecule has 2 rings (SSSR count). The van der Waals surface area contributed by atoms with Gasteiger partial charge in [0.2, 0.25) is 5.88 Å². The zero-order valence-corrected chi connectivity index (χ0v) is 10.9. The van der Waals surface area contributed by atoms with E-state index < -0.39 is 4.92 Å². The summed E-state index contributed by atoms with van der Waals surface area (Å²) in [6.45, 7) is 0. The SMILES string of the molecule is COc1cc([N+](=O)[O-])ccc1Oc1cnc(C(=N)N)cn1. The third-order valence-electron chi connectivity index (χ3n) is 2.48. The molecule has 0 fully saturated rings. The average Bonchev–Trinajstić information content (AvgIpc) is 2.48. The van der Waals surface area contributed by atoms with Crippen molar-refractivity contribution in [3.63, 3.8) is 0 Å². The molecule has 21 heavy (non-hydrogen) atoms. The number of hydrogen-bond acceptors (Lipinski definition) is 7. The van der Waals surface area contributed by atoms with Gasteiger partial charge in [-0.05, 0) is 6.07 Å². The van der Waals surface area contributed by atoms with Gasteiger partial charge in [-0.2, -0.15) is 0 Å². The van der Waals surface area contributed by atoms with Crippen molar-refractivity contribution < 1.29 is 14.4 Å². The lowest BCUT2D eigenvalue weighted by Crippen LogP contribution is -2.13. The van der Waals surface area contributed by atoms with Crippen molar-refractivity contribution in [3.05, 3.63) is 46.4 Å². The van der Waals surface area contributed by atoms with Crippen molar-refractivity contribution in [1.82, 2.24) is 9.97 Å². The van der Waals surface area contributed by atoms with Gasteiger partial charge in [-0.25, -0.2) is 9.97 Å². The number of nitrogen functional groups attached to an aromatic ring is 1. The number of methoxy groups -OCH3 is 1. The minimum atomic E-state index is -0.534.